The molecule has 3 nitrogen and oxygen atoms in total. The van der Waals surface area contributed by atoms with E-state index < -0.39 is 0 Å². The van der Waals surface area contributed by atoms with Crippen molar-refractivity contribution in [2.24, 2.45) is 0 Å². The highest BCUT2D eigenvalue weighted by atomic mass is 79.9. The molecule has 2 rings (SSSR count). The Morgan fingerprint density at radius 3 is 2.74 bits per heavy atom. The van der Waals surface area contributed by atoms with Gasteiger partial charge in [-0.3, -0.25) is 0 Å². The smallest absolute Gasteiger partial charge is 0.144 e. The highest BCUT2D eigenvalue weighted by molar-refractivity contribution is 9.10. The molecule has 2 aromatic heterocycles. The van der Waals surface area contributed by atoms with E-state index in [2.05, 4.69) is 64.5 Å². The van der Waals surface area contributed by atoms with Crippen molar-refractivity contribution in [2.75, 3.05) is 11.9 Å². The predicted octanol–water partition coefficient (Wildman–Crippen LogP) is 4.45. The number of thiophene rings is 1. The molecular weight excluding hydrogens is 322 g/mol. The number of aromatic nitrogens is 2. The number of hydrogen-bond acceptors (Lipinski definition) is 4. The lowest BCUT2D eigenvalue weighted by atomic mass is 10.1. The number of nitrogens with one attached hydrogen (secondary N) is 1. The number of rotatable bonds is 5. The summed E-state index contributed by atoms with van der Waals surface area (Å²) in [5, 5.41) is 5.38. The van der Waals surface area contributed by atoms with Crippen LogP contribution in [0.4, 0.5) is 5.82 Å². The van der Waals surface area contributed by atoms with Gasteiger partial charge in [-0.2, -0.15) is 0 Å². The van der Waals surface area contributed by atoms with E-state index in [9.17, 15) is 0 Å². The van der Waals surface area contributed by atoms with Crippen molar-refractivity contribution in [2.45, 2.75) is 33.1 Å². The third-order valence-corrected chi connectivity index (χ3v) is 4.38. The van der Waals surface area contributed by atoms with Crippen LogP contribution in [0.15, 0.2) is 22.0 Å². The fraction of sp³-hybridized carbons (Fsp3) is 0.429. The van der Waals surface area contributed by atoms with Crippen LogP contribution in [0.3, 0.4) is 0 Å². The van der Waals surface area contributed by atoms with Crippen molar-refractivity contribution in [1.82, 2.24) is 9.97 Å². The van der Waals surface area contributed by atoms with Crippen LogP contribution in [0.2, 0.25) is 0 Å². The molecule has 0 atom stereocenters. The third kappa shape index (κ3) is 3.54. The zero-order valence-electron chi connectivity index (χ0n) is 11.4. The molecule has 0 aliphatic heterocycles. The molecule has 0 aliphatic carbocycles. The molecule has 19 heavy (non-hydrogen) atoms. The van der Waals surface area contributed by atoms with E-state index in [-0.39, 0.29) is 0 Å². The molecule has 5 heteroatoms. The van der Waals surface area contributed by atoms with E-state index >= 15 is 0 Å². The Labute approximate surface area is 126 Å². The second kappa shape index (κ2) is 6.48. The first-order valence-electron chi connectivity index (χ1n) is 6.44. The first-order valence-corrected chi connectivity index (χ1v) is 8.11. The van der Waals surface area contributed by atoms with Crippen LogP contribution in [0.25, 0.3) is 0 Å². The quantitative estimate of drug-likeness (QED) is 0.874. The minimum atomic E-state index is 0.372. The monoisotopic (exact) mass is 339 g/mol. The van der Waals surface area contributed by atoms with Crippen molar-refractivity contribution < 1.29 is 0 Å². The molecule has 0 bridgehead atoms. The number of hydrogen-bond donors (Lipinski definition) is 1. The molecule has 2 heterocycles. The highest BCUT2D eigenvalue weighted by Gasteiger charge is 2.14. The fourth-order valence-electron chi connectivity index (χ4n) is 1.83. The molecule has 102 valence electrons. The van der Waals surface area contributed by atoms with Gasteiger partial charge in [0, 0.05) is 17.8 Å². The van der Waals surface area contributed by atoms with Gasteiger partial charge >= 0.3 is 0 Å². The van der Waals surface area contributed by atoms with Crippen LogP contribution in [0, 0.1) is 0 Å². The molecule has 2 aromatic rings. The molecule has 0 aromatic carbocycles. The van der Waals surface area contributed by atoms with Gasteiger partial charge in [0.1, 0.15) is 11.6 Å². The van der Waals surface area contributed by atoms with E-state index in [4.69, 9.17) is 4.98 Å². The van der Waals surface area contributed by atoms with Gasteiger partial charge in [0.15, 0.2) is 0 Å². The van der Waals surface area contributed by atoms with Gasteiger partial charge in [0.2, 0.25) is 0 Å². The standard InChI is InChI=1S/C14H18BrN3S/c1-4-16-14-12(15)13(9(2)3)17-11(18-14)8-10-6-5-7-19-10/h5-7,9H,4,8H2,1-3H3,(H,16,17,18). The van der Waals surface area contributed by atoms with Gasteiger partial charge in [0.05, 0.1) is 10.2 Å². The third-order valence-electron chi connectivity index (χ3n) is 2.73. The highest BCUT2D eigenvalue weighted by Crippen LogP contribution is 2.29. The van der Waals surface area contributed by atoms with Crippen molar-refractivity contribution in [1.29, 1.82) is 0 Å². The molecule has 0 saturated heterocycles. The summed E-state index contributed by atoms with van der Waals surface area (Å²) < 4.78 is 0.985. The normalized spacial score (nSPS) is 11.0. The number of anilines is 1. The first-order chi connectivity index (χ1) is 9.11. The van der Waals surface area contributed by atoms with Crippen LogP contribution >= 0.6 is 27.3 Å². The summed E-state index contributed by atoms with van der Waals surface area (Å²) in [6, 6.07) is 4.19. The van der Waals surface area contributed by atoms with E-state index in [1.54, 1.807) is 11.3 Å². The molecular formula is C14H18BrN3S. The Hall–Kier alpha value is -0.940. The van der Waals surface area contributed by atoms with E-state index in [0.29, 0.717) is 5.92 Å². The van der Waals surface area contributed by atoms with Gasteiger partial charge in [0.25, 0.3) is 0 Å². The van der Waals surface area contributed by atoms with Crippen molar-refractivity contribution in [3.63, 3.8) is 0 Å². The molecule has 1 N–H and O–H groups in total. The molecule has 0 aliphatic rings. The van der Waals surface area contributed by atoms with Gasteiger partial charge in [-0.15, -0.1) is 11.3 Å². The average molecular weight is 340 g/mol. The van der Waals surface area contributed by atoms with Crippen molar-refractivity contribution in [3.05, 3.63) is 38.4 Å². The van der Waals surface area contributed by atoms with Crippen molar-refractivity contribution >= 4 is 33.1 Å². The van der Waals surface area contributed by atoms with Gasteiger partial charge in [-0.1, -0.05) is 19.9 Å². The zero-order chi connectivity index (χ0) is 13.8. The Kier molecular flexibility index (Phi) is 4.93. The molecule has 0 amide bonds. The largest absolute Gasteiger partial charge is 0.369 e. The summed E-state index contributed by atoms with van der Waals surface area (Å²) in [6.45, 7) is 7.23. The average Bonchev–Trinajstić information content (AvgIpc) is 2.86. The predicted molar refractivity (Wildman–Crippen MR) is 85.1 cm³/mol. The van der Waals surface area contributed by atoms with E-state index in [0.717, 1.165) is 34.8 Å². The maximum atomic E-state index is 4.70. The van der Waals surface area contributed by atoms with Crippen LogP contribution < -0.4 is 5.32 Å². The zero-order valence-corrected chi connectivity index (χ0v) is 13.8. The Balaban J connectivity index is 2.37. The Morgan fingerprint density at radius 1 is 1.37 bits per heavy atom. The molecule has 0 saturated carbocycles. The van der Waals surface area contributed by atoms with Crippen molar-refractivity contribution in [3.8, 4) is 0 Å². The van der Waals surface area contributed by atoms with Crippen LogP contribution in [-0.2, 0) is 6.42 Å². The van der Waals surface area contributed by atoms with E-state index in [1.165, 1.54) is 4.88 Å². The summed E-state index contributed by atoms with van der Waals surface area (Å²) in [6.07, 6.45) is 0.795. The van der Waals surface area contributed by atoms with Crippen LogP contribution in [-0.4, -0.2) is 16.5 Å². The molecule has 0 unspecified atom stereocenters. The topological polar surface area (TPSA) is 37.8 Å². The summed E-state index contributed by atoms with van der Waals surface area (Å²) in [5.74, 6) is 2.15. The second-order valence-electron chi connectivity index (χ2n) is 4.63. The lowest BCUT2D eigenvalue weighted by Gasteiger charge is -2.14. The van der Waals surface area contributed by atoms with E-state index in [1.807, 2.05) is 0 Å². The summed E-state index contributed by atoms with van der Waals surface area (Å²) in [7, 11) is 0. The summed E-state index contributed by atoms with van der Waals surface area (Å²) in [4.78, 5) is 10.6. The molecule has 0 fully saturated rings. The first kappa shape index (κ1) is 14.5. The number of nitrogens with zero attached hydrogens (tertiary/aromatic N) is 2. The minimum Gasteiger partial charge on any atom is -0.369 e. The Bertz CT molecular complexity index is 538. The maximum absolute atomic E-state index is 4.70. The van der Waals surface area contributed by atoms with Gasteiger partial charge in [-0.05, 0) is 40.2 Å². The lowest BCUT2D eigenvalue weighted by molar-refractivity contribution is 0.785. The van der Waals surface area contributed by atoms with Crippen LogP contribution in [0.5, 0.6) is 0 Å². The fourth-order valence-corrected chi connectivity index (χ4v) is 3.30. The summed E-state index contributed by atoms with van der Waals surface area (Å²) >= 11 is 5.35. The minimum absolute atomic E-state index is 0.372. The van der Waals surface area contributed by atoms with Crippen LogP contribution in [0.1, 0.15) is 43.1 Å². The number of halogens is 1. The lowest BCUT2D eigenvalue weighted by Crippen LogP contribution is -2.09. The second-order valence-corrected chi connectivity index (χ2v) is 6.45. The Morgan fingerprint density at radius 2 is 2.16 bits per heavy atom. The van der Waals surface area contributed by atoms with Gasteiger partial charge < -0.3 is 5.32 Å². The molecule has 0 radical (unpaired) electrons. The maximum Gasteiger partial charge on any atom is 0.144 e. The van der Waals surface area contributed by atoms with Gasteiger partial charge in [-0.25, -0.2) is 9.97 Å². The molecule has 0 spiro atoms. The summed E-state index contributed by atoms with van der Waals surface area (Å²) in [5.41, 5.74) is 1.07. The SMILES string of the molecule is CCNc1nc(Cc2cccs2)nc(C(C)C)c1Br.